The Balaban J connectivity index is 2.47. The Hall–Kier alpha value is -2.08. The first-order valence-corrected chi connectivity index (χ1v) is 7.31. The maximum absolute atomic E-state index is 13.4. The molecule has 114 valence electrons. The smallest absolute Gasteiger partial charge is 0.417 e. The van der Waals surface area contributed by atoms with E-state index in [1.165, 1.54) is 6.92 Å². The van der Waals surface area contributed by atoms with Gasteiger partial charge in [0.05, 0.1) is 5.56 Å². The van der Waals surface area contributed by atoms with Gasteiger partial charge >= 0.3 is 12.1 Å². The highest BCUT2D eigenvalue weighted by Crippen LogP contribution is 2.46. The van der Waals surface area contributed by atoms with Gasteiger partial charge in [0.25, 0.3) is 0 Å². The molecule has 0 amide bonds. The van der Waals surface area contributed by atoms with E-state index in [1.54, 1.807) is 31.2 Å². The quantitative estimate of drug-likeness (QED) is 0.448. The fourth-order valence-electron chi connectivity index (χ4n) is 2.51. The first kappa shape index (κ1) is 14.8. The number of ether oxygens (including phenoxy) is 1. The molecule has 0 saturated heterocycles. The maximum atomic E-state index is 13.4. The van der Waals surface area contributed by atoms with Gasteiger partial charge in [-0.3, -0.25) is 4.79 Å². The molecule has 0 radical (unpaired) electrons. The van der Waals surface area contributed by atoms with Crippen molar-refractivity contribution in [2.75, 3.05) is 0 Å². The van der Waals surface area contributed by atoms with Gasteiger partial charge in [-0.05, 0) is 19.1 Å². The normalized spacial score (nSPS) is 12.0. The number of carbonyl (C=O) groups is 1. The molecule has 1 heterocycles. The van der Waals surface area contributed by atoms with E-state index in [9.17, 15) is 18.0 Å². The van der Waals surface area contributed by atoms with E-state index in [-0.39, 0.29) is 10.4 Å². The van der Waals surface area contributed by atoms with Gasteiger partial charge in [0.2, 0.25) is 0 Å². The average Bonchev–Trinajstić information content (AvgIpc) is 2.79. The molecule has 0 N–H and O–H groups in total. The van der Waals surface area contributed by atoms with E-state index in [1.807, 2.05) is 0 Å². The molecule has 3 aromatic rings. The third kappa shape index (κ3) is 2.33. The molecule has 0 aliphatic heterocycles. The molecule has 1 aromatic heterocycles. The molecular formula is C16H11F3O2S. The third-order valence-electron chi connectivity index (χ3n) is 3.42. The molecule has 0 fully saturated rings. The van der Waals surface area contributed by atoms with Gasteiger partial charge in [-0.1, -0.05) is 18.2 Å². The van der Waals surface area contributed by atoms with Crippen LogP contribution >= 0.6 is 11.3 Å². The highest BCUT2D eigenvalue weighted by Gasteiger charge is 2.35. The maximum Gasteiger partial charge on any atom is 0.417 e. The minimum absolute atomic E-state index is 0.0455. The second-order valence-corrected chi connectivity index (χ2v) is 5.99. The minimum Gasteiger partial charge on any atom is -0.426 e. The Morgan fingerprint density at radius 1 is 1.23 bits per heavy atom. The van der Waals surface area contributed by atoms with Crippen molar-refractivity contribution in [3.05, 3.63) is 41.5 Å². The van der Waals surface area contributed by atoms with Crippen molar-refractivity contribution >= 4 is 37.5 Å². The van der Waals surface area contributed by atoms with Crippen molar-refractivity contribution in [2.45, 2.75) is 20.0 Å². The van der Waals surface area contributed by atoms with Crippen LogP contribution in [0.1, 0.15) is 18.1 Å². The number of alkyl halides is 3. The van der Waals surface area contributed by atoms with E-state index < -0.39 is 17.7 Å². The Morgan fingerprint density at radius 2 is 1.91 bits per heavy atom. The van der Waals surface area contributed by atoms with Crippen LogP contribution < -0.4 is 4.74 Å². The van der Waals surface area contributed by atoms with E-state index in [4.69, 9.17) is 4.74 Å². The summed E-state index contributed by atoms with van der Waals surface area (Å²) in [7, 11) is 0. The van der Waals surface area contributed by atoms with Crippen LogP contribution in [-0.2, 0) is 11.0 Å². The van der Waals surface area contributed by atoms with Gasteiger partial charge < -0.3 is 4.74 Å². The molecule has 0 unspecified atom stereocenters. The number of fused-ring (bicyclic) bond motifs is 3. The highest BCUT2D eigenvalue weighted by molar-refractivity contribution is 7.26. The fraction of sp³-hybridized carbons (Fsp3) is 0.188. The van der Waals surface area contributed by atoms with Gasteiger partial charge in [-0.25, -0.2) is 0 Å². The lowest BCUT2D eigenvalue weighted by Gasteiger charge is -2.13. The Morgan fingerprint density at radius 3 is 2.55 bits per heavy atom. The molecule has 22 heavy (non-hydrogen) atoms. The predicted molar refractivity (Wildman–Crippen MR) is 80.4 cm³/mol. The summed E-state index contributed by atoms with van der Waals surface area (Å²) in [6, 6.07) is 8.03. The van der Waals surface area contributed by atoms with E-state index in [2.05, 4.69) is 0 Å². The van der Waals surface area contributed by atoms with E-state index in [0.29, 0.717) is 10.9 Å². The summed E-state index contributed by atoms with van der Waals surface area (Å²) in [4.78, 5) is 11.2. The number of aryl methyl sites for hydroxylation is 1. The van der Waals surface area contributed by atoms with Gasteiger partial charge in [-0.2, -0.15) is 13.2 Å². The molecule has 2 aromatic carbocycles. The third-order valence-corrected chi connectivity index (χ3v) is 4.62. The summed E-state index contributed by atoms with van der Waals surface area (Å²) in [5.74, 6) is -0.689. The first-order chi connectivity index (χ1) is 10.3. The van der Waals surface area contributed by atoms with Gasteiger partial charge in [0.15, 0.2) is 0 Å². The van der Waals surface area contributed by atoms with Crippen LogP contribution in [0, 0.1) is 6.92 Å². The van der Waals surface area contributed by atoms with Crippen LogP contribution in [0.2, 0.25) is 0 Å². The molecule has 0 aliphatic rings. The lowest BCUT2D eigenvalue weighted by Crippen LogP contribution is -2.08. The number of esters is 1. The van der Waals surface area contributed by atoms with Crippen LogP contribution in [0.15, 0.2) is 30.3 Å². The van der Waals surface area contributed by atoms with E-state index in [0.717, 1.165) is 27.5 Å². The molecule has 3 rings (SSSR count). The molecule has 0 spiro atoms. The number of halogens is 3. The minimum atomic E-state index is -4.51. The van der Waals surface area contributed by atoms with Gasteiger partial charge in [0, 0.05) is 32.7 Å². The average molecular weight is 324 g/mol. The van der Waals surface area contributed by atoms with Crippen LogP contribution in [-0.4, -0.2) is 5.97 Å². The second-order valence-electron chi connectivity index (χ2n) is 4.94. The second kappa shape index (κ2) is 4.98. The number of carbonyl (C=O) groups excluding carboxylic acids is 1. The van der Waals surface area contributed by atoms with Crippen molar-refractivity contribution < 1.29 is 22.7 Å². The Labute approximate surface area is 128 Å². The van der Waals surface area contributed by atoms with Crippen molar-refractivity contribution in [1.82, 2.24) is 0 Å². The summed E-state index contributed by atoms with van der Waals surface area (Å²) < 4.78 is 46.0. The SMILES string of the molecule is CC(=O)Oc1cc(C(F)(F)F)c2sc3ccccc3c2c1C. The lowest BCUT2D eigenvalue weighted by atomic mass is 10.0. The first-order valence-electron chi connectivity index (χ1n) is 6.49. The Kier molecular flexibility index (Phi) is 3.36. The summed E-state index contributed by atoms with van der Waals surface area (Å²) in [6.45, 7) is 2.84. The van der Waals surface area contributed by atoms with Gasteiger partial charge in [-0.15, -0.1) is 11.3 Å². The van der Waals surface area contributed by atoms with Crippen molar-refractivity contribution in [1.29, 1.82) is 0 Å². The summed E-state index contributed by atoms with van der Waals surface area (Å²) in [5, 5.41) is 1.23. The van der Waals surface area contributed by atoms with Crippen molar-refractivity contribution in [3.8, 4) is 5.75 Å². The van der Waals surface area contributed by atoms with Crippen LogP contribution in [0.4, 0.5) is 13.2 Å². The number of rotatable bonds is 1. The van der Waals surface area contributed by atoms with Gasteiger partial charge in [0.1, 0.15) is 5.75 Å². The molecule has 0 aliphatic carbocycles. The molecule has 6 heteroatoms. The largest absolute Gasteiger partial charge is 0.426 e. The number of hydrogen-bond acceptors (Lipinski definition) is 3. The molecule has 2 nitrogen and oxygen atoms in total. The standard InChI is InChI=1S/C16H11F3O2S/c1-8-12(21-9(2)20)7-11(16(17,18)19)15-14(8)10-5-3-4-6-13(10)22-15/h3-7H,1-2H3. The summed E-state index contributed by atoms with van der Waals surface area (Å²) in [6.07, 6.45) is -4.51. The zero-order valence-corrected chi connectivity index (χ0v) is 12.6. The summed E-state index contributed by atoms with van der Waals surface area (Å²) >= 11 is 1.10. The molecule has 0 saturated carbocycles. The van der Waals surface area contributed by atoms with Crippen LogP contribution in [0.3, 0.4) is 0 Å². The lowest BCUT2D eigenvalue weighted by molar-refractivity contribution is -0.137. The fourth-order valence-corrected chi connectivity index (χ4v) is 3.80. The van der Waals surface area contributed by atoms with Crippen molar-refractivity contribution in [2.24, 2.45) is 0 Å². The number of thiophene rings is 1. The number of hydrogen-bond donors (Lipinski definition) is 0. The topological polar surface area (TPSA) is 26.3 Å². The predicted octanol–water partition coefficient (Wildman–Crippen LogP) is 5.31. The Bertz CT molecular complexity index is 894. The monoisotopic (exact) mass is 324 g/mol. The van der Waals surface area contributed by atoms with Crippen molar-refractivity contribution in [3.63, 3.8) is 0 Å². The van der Waals surface area contributed by atoms with E-state index >= 15 is 0 Å². The van der Waals surface area contributed by atoms with Crippen LogP contribution in [0.5, 0.6) is 5.75 Å². The molecule has 0 atom stereocenters. The molecule has 0 bridgehead atoms. The zero-order chi connectivity index (χ0) is 16.1. The van der Waals surface area contributed by atoms with Crippen LogP contribution in [0.25, 0.3) is 20.2 Å². The highest BCUT2D eigenvalue weighted by atomic mass is 32.1. The zero-order valence-electron chi connectivity index (χ0n) is 11.7. The molecular weight excluding hydrogens is 313 g/mol. The summed E-state index contributed by atoms with van der Waals surface area (Å²) in [5.41, 5.74) is -0.235. The number of benzene rings is 2.